The maximum absolute atomic E-state index is 11.8. The number of aliphatic carboxylic acids is 1. The highest BCUT2D eigenvalue weighted by Crippen LogP contribution is 2.26. The molecule has 5 nitrogen and oxygen atoms in total. The minimum Gasteiger partial charge on any atom is -0.480 e. The van der Waals surface area contributed by atoms with E-state index in [2.05, 4.69) is 5.32 Å². The van der Waals surface area contributed by atoms with Crippen LogP contribution in [0.15, 0.2) is 0 Å². The summed E-state index contributed by atoms with van der Waals surface area (Å²) in [7, 11) is 0. The Hall–Kier alpha value is -1.10. The lowest BCUT2D eigenvalue weighted by molar-refractivity contribution is -0.143. The Balaban J connectivity index is 2.42. The Labute approximate surface area is 95.8 Å². The van der Waals surface area contributed by atoms with Gasteiger partial charge in [0.1, 0.15) is 5.54 Å². The highest BCUT2D eigenvalue weighted by Gasteiger charge is 2.33. The second kappa shape index (κ2) is 4.82. The number of carbonyl (C=O) groups excluding carboxylic acids is 1. The molecule has 1 amide bonds. The lowest BCUT2D eigenvalue weighted by Gasteiger charge is -2.25. The summed E-state index contributed by atoms with van der Waals surface area (Å²) >= 11 is 0. The molecule has 1 fully saturated rings. The van der Waals surface area contributed by atoms with E-state index in [1.54, 1.807) is 13.8 Å². The first kappa shape index (κ1) is 13.0. The van der Waals surface area contributed by atoms with E-state index in [9.17, 15) is 9.59 Å². The Kier molecular flexibility index (Phi) is 3.91. The molecule has 0 spiro atoms. The van der Waals surface area contributed by atoms with Crippen molar-refractivity contribution in [1.82, 2.24) is 10.2 Å². The SMILES string of the molecule is CCN(C(=O)CNC(C)(C)C(=O)O)C1CC1. The van der Waals surface area contributed by atoms with Gasteiger partial charge < -0.3 is 10.0 Å². The van der Waals surface area contributed by atoms with Gasteiger partial charge in [0, 0.05) is 12.6 Å². The molecule has 0 aromatic carbocycles. The molecular weight excluding hydrogens is 208 g/mol. The topological polar surface area (TPSA) is 69.6 Å². The fourth-order valence-corrected chi connectivity index (χ4v) is 1.50. The van der Waals surface area contributed by atoms with E-state index in [-0.39, 0.29) is 12.5 Å². The predicted molar refractivity (Wildman–Crippen MR) is 60.1 cm³/mol. The lowest BCUT2D eigenvalue weighted by atomic mass is 10.1. The quantitative estimate of drug-likeness (QED) is 0.692. The molecular formula is C11H20N2O3. The van der Waals surface area contributed by atoms with Gasteiger partial charge in [-0.1, -0.05) is 0 Å². The van der Waals surface area contributed by atoms with Gasteiger partial charge in [0.2, 0.25) is 5.91 Å². The van der Waals surface area contributed by atoms with E-state index in [1.807, 2.05) is 11.8 Å². The summed E-state index contributed by atoms with van der Waals surface area (Å²) in [5, 5.41) is 11.6. The minimum atomic E-state index is -1.06. The van der Waals surface area contributed by atoms with Gasteiger partial charge in [-0.2, -0.15) is 0 Å². The zero-order valence-corrected chi connectivity index (χ0v) is 10.1. The van der Waals surface area contributed by atoms with Crippen LogP contribution in [0.2, 0.25) is 0 Å². The van der Waals surface area contributed by atoms with Gasteiger partial charge in [0.25, 0.3) is 0 Å². The summed E-state index contributed by atoms with van der Waals surface area (Å²) in [4.78, 5) is 24.4. The van der Waals surface area contributed by atoms with Crippen molar-refractivity contribution in [3.8, 4) is 0 Å². The number of nitrogens with one attached hydrogen (secondary N) is 1. The minimum absolute atomic E-state index is 0.0145. The summed E-state index contributed by atoms with van der Waals surface area (Å²) in [6.07, 6.45) is 2.14. The van der Waals surface area contributed by atoms with Gasteiger partial charge in [-0.05, 0) is 33.6 Å². The number of amides is 1. The van der Waals surface area contributed by atoms with E-state index in [0.717, 1.165) is 12.8 Å². The number of rotatable bonds is 6. The van der Waals surface area contributed by atoms with E-state index in [0.29, 0.717) is 12.6 Å². The van der Waals surface area contributed by atoms with Crippen LogP contribution in [0, 0.1) is 0 Å². The number of carboxylic acids is 1. The van der Waals surface area contributed by atoms with Gasteiger partial charge in [-0.3, -0.25) is 14.9 Å². The maximum Gasteiger partial charge on any atom is 0.323 e. The Morgan fingerprint density at radius 1 is 1.44 bits per heavy atom. The van der Waals surface area contributed by atoms with Gasteiger partial charge in [0.05, 0.1) is 6.54 Å². The Morgan fingerprint density at radius 2 is 2.00 bits per heavy atom. The van der Waals surface area contributed by atoms with Crippen molar-refractivity contribution in [2.75, 3.05) is 13.1 Å². The first-order valence-electron chi connectivity index (χ1n) is 5.66. The zero-order valence-electron chi connectivity index (χ0n) is 10.1. The number of carboxylic acid groups (broad SMARTS) is 1. The molecule has 2 N–H and O–H groups in total. The molecule has 0 unspecified atom stereocenters. The molecule has 0 saturated heterocycles. The second-order valence-electron chi connectivity index (χ2n) is 4.69. The van der Waals surface area contributed by atoms with Crippen molar-refractivity contribution in [2.24, 2.45) is 0 Å². The molecule has 0 aromatic rings. The van der Waals surface area contributed by atoms with Crippen molar-refractivity contribution in [3.05, 3.63) is 0 Å². The van der Waals surface area contributed by atoms with Crippen molar-refractivity contribution < 1.29 is 14.7 Å². The standard InChI is InChI=1S/C11H20N2O3/c1-4-13(8-5-6-8)9(14)7-12-11(2,3)10(15)16/h8,12H,4-7H2,1-3H3,(H,15,16). The van der Waals surface area contributed by atoms with Crippen LogP contribution in [0.3, 0.4) is 0 Å². The average molecular weight is 228 g/mol. The summed E-state index contributed by atoms with van der Waals surface area (Å²) in [6, 6.07) is 0.382. The average Bonchev–Trinajstić information content (AvgIpc) is 3.00. The van der Waals surface area contributed by atoms with Gasteiger partial charge in [-0.15, -0.1) is 0 Å². The normalized spacial score (nSPS) is 15.9. The van der Waals surface area contributed by atoms with Crippen molar-refractivity contribution in [1.29, 1.82) is 0 Å². The van der Waals surface area contributed by atoms with Crippen molar-refractivity contribution >= 4 is 11.9 Å². The third-order valence-corrected chi connectivity index (χ3v) is 2.86. The number of nitrogens with zero attached hydrogens (tertiary/aromatic N) is 1. The number of hydrogen-bond donors (Lipinski definition) is 2. The van der Waals surface area contributed by atoms with E-state index in [4.69, 9.17) is 5.11 Å². The van der Waals surface area contributed by atoms with E-state index in [1.165, 1.54) is 0 Å². The van der Waals surface area contributed by atoms with Crippen LogP contribution in [0.1, 0.15) is 33.6 Å². The fourth-order valence-electron chi connectivity index (χ4n) is 1.50. The Morgan fingerprint density at radius 3 is 2.38 bits per heavy atom. The molecule has 16 heavy (non-hydrogen) atoms. The summed E-state index contributed by atoms with van der Waals surface area (Å²) in [6.45, 7) is 5.83. The first-order chi connectivity index (χ1) is 7.38. The summed E-state index contributed by atoms with van der Waals surface area (Å²) < 4.78 is 0. The van der Waals surface area contributed by atoms with Gasteiger partial charge in [0.15, 0.2) is 0 Å². The van der Waals surface area contributed by atoms with Gasteiger partial charge >= 0.3 is 5.97 Å². The van der Waals surface area contributed by atoms with Crippen molar-refractivity contribution in [3.63, 3.8) is 0 Å². The molecule has 1 rings (SSSR count). The molecule has 0 atom stereocenters. The largest absolute Gasteiger partial charge is 0.480 e. The molecule has 92 valence electrons. The van der Waals surface area contributed by atoms with Crippen LogP contribution in [-0.4, -0.2) is 46.6 Å². The van der Waals surface area contributed by atoms with Crippen LogP contribution in [-0.2, 0) is 9.59 Å². The highest BCUT2D eigenvalue weighted by molar-refractivity contribution is 5.82. The number of hydrogen-bond acceptors (Lipinski definition) is 3. The van der Waals surface area contributed by atoms with Crippen LogP contribution in [0.25, 0.3) is 0 Å². The lowest BCUT2D eigenvalue weighted by Crippen LogP contribution is -2.51. The predicted octanol–water partition coefficient (Wildman–Crippen LogP) is 0.450. The summed E-state index contributed by atoms with van der Waals surface area (Å²) in [5.74, 6) is -0.964. The maximum atomic E-state index is 11.8. The smallest absolute Gasteiger partial charge is 0.323 e. The van der Waals surface area contributed by atoms with Crippen molar-refractivity contribution in [2.45, 2.75) is 45.2 Å². The third-order valence-electron chi connectivity index (χ3n) is 2.86. The monoisotopic (exact) mass is 228 g/mol. The second-order valence-corrected chi connectivity index (χ2v) is 4.69. The Bertz CT molecular complexity index is 285. The molecule has 0 bridgehead atoms. The highest BCUT2D eigenvalue weighted by atomic mass is 16.4. The molecule has 1 saturated carbocycles. The van der Waals surface area contributed by atoms with E-state index >= 15 is 0 Å². The van der Waals surface area contributed by atoms with E-state index < -0.39 is 11.5 Å². The molecule has 1 aliphatic rings. The molecule has 0 aliphatic heterocycles. The van der Waals surface area contributed by atoms with Crippen LogP contribution in [0.5, 0.6) is 0 Å². The van der Waals surface area contributed by atoms with Crippen LogP contribution in [0.4, 0.5) is 0 Å². The number of carbonyl (C=O) groups is 2. The van der Waals surface area contributed by atoms with Crippen LogP contribution < -0.4 is 5.32 Å². The first-order valence-corrected chi connectivity index (χ1v) is 5.66. The van der Waals surface area contributed by atoms with Gasteiger partial charge in [-0.25, -0.2) is 0 Å². The fraction of sp³-hybridized carbons (Fsp3) is 0.818. The zero-order chi connectivity index (χ0) is 12.3. The molecule has 0 aromatic heterocycles. The van der Waals surface area contributed by atoms with Crippen LogP contribution >= 0.6 is 0 Å². The third kappa shape index (κ3) is 3.20. The molecule has 0 radical (unpaired) electrons. The molecule has 1 aliphatic carbocycles. The number of likely N-dealkylation sites (N-methyl/N-ethyl adjacent to an activating group) is 1. The summed E-state index contributed by atoms with van der Waals surface area (Å²) in [5.41, 5.74) is -1.06. The molecule has 0 heterocycles. The molecule has 5 heteroatoms.